The molecule has 1 atom stereocenters. The third-order valence-corrected chi connectivity index (χ3v) is 5.84. The summed E-state index contributed by atoms with van der Waals surface area (Å²) in [7, 11) is 1.79. The monoisotopic (exact) mass is 469 g/mol. The number of Topliss-reactive ketones (excluding diaryl/α,β-unsaturated/α-hetero) is 1. The van der Waals surface area contributed by atoms with Crippen LogP contribution in [-0.2, 0) is 7.05 Å². The molecule has 0 spiro atoms. The first kappa shape index (κ1) is 22.7. The Morgan fingerprint density at radius 1 is 1.18 bits per heavy atom. The summed E-state index contributed by atoms with van der Waals surface area (Å²) in [6.07, 6.45) is 0. The number of para-hydroxylation sites is 1. The van der Waals surface area contributed by atoms with Crippen LogP contribution in [0.5, 0.6) is 5.75 Å². The molecular weight excluding hydrogens is 448 g/mol. The fourth-order valence-electron chi connectivity index (χ4n) is 3.27. The molecule has 1 unspecified atom stereocenters. The Morgan fingerprint density at radius 2 is 1.94 bits per heavy atom. The third kappa shape index (κ3) is 5.12. The molecule has 0 saturated heterocycles. The summed E-state index contributed by atoms with van der Waals surface area (Å²) in [5, 5.41) is 11.6. The van der Waals surface area contributed by atoms with E-state index >= 15 is 0 Å². The van der Waals surface area contributed by atoms with Gasteiger partial charge >= 0.3 is 0 Å². The van der Waals surface area contributed by atoms with Gasteiger partial charge in [0.2, 0.25) is 5.78 Å². The van der Waals surface area contributed by atoms with Gasteiger partial charge in [0.15, 0.2) is 17.3 Å². The Morgan fingerprint density at radius 3 is 2.64 bits per heavy atom. The van der Waals surface area contributed by atoms with E-state index in [0.29, 0.717) is 16.1 Å². The van der Waals surface area contributed by atoms with Gasteiger partial charge in [-0.3, -0.25) is 14.8 Å². The van der Waals surface area contributed by atoms with Crippen LogP contribution in [-0.4, -0.2) is 38.3 Å². The number of aryl methyl sites for hydroxylation is 2. The molecule has 0 amide bonds. The number of nitrogens with one attached hydrogen (secondary N) is 1. The molecule has 2 aromatic heterocycles. The summed E-state index contributed by atoms with van der Waals surface area (Å²) in [6.45, 7) is 2.27. The number of carbonyl (C=O) groups excluding carboxylic acids is 1. The fourth-order valence-corrected chi connectivity index (χ4v) is 3.94. The first-order chi connectivity index (χ1) is 15.9. The fraction of sp³-hybridized carbons (Fsp3) is 0.217. The van der Waals surface area contributed by atoms with Gasteiger partial charge in [-0.05, 0) is 54.4 Å². The molecule has 0 aliphatic carbocycles. The molecule has 7 nitrogen and oxygen atoms in total. The third-order valence-electron chi connectivity index (χ3n) is 5.06. The first-order valence-corrected chi connectivity index (χ1v) is 10.9. The van der Waals surface area contributed by atoms with Gasteiger partial charge in [0.1, 0.15) is 18.5 Å². The van der Waals surface area contributed by atoms with E-state index in [1.807, 2.05) is 13.0 Å². The summed E-state index contributed by atoms with van der Waals surface area (Å²) in [5.74, 6) is -1.02. The molecule has 10 heteroatoms. The minimum Gasteiger partial charge on any atom is -0.489 e. The average molecular weight is 470 g/mol. The van der Waals surface area contributed by atoms with E-state index in [0.717, 1.165) is 17.2 Å². The van der Waals surface area contributed by atoms with Crippen molar-refractivity contribution in [2.24, 2.45) is 7.05 Å². The quantitative estimate of drug-likeness (QED) is 0.293. The molecule has 0 aliphatic rings. The molecule has 4 rings (SSSR count). The second kappa shape index (κ2) is 9.97. The van der Waals surface area contributed by atoms with Gasteiger partial charge in [0.05, 0.1) is 10.6 Å². The zero-order valence-electron chi connectivity index (χ0n) is 18.0. The van der Waals surface area contributed by atoms with Crippen LogP contribution >= 0.6 is 11.5 Å². The minimum atomic E-state index is -0.822. The number of hydrogen-bond donors (Lipinski definition) is 1. The Hall–Kier alpha value is -3.50. The number of aromatic nitrogens is 4. The van der Waals surface area contributed by atoms with E-state index in [9.17, 15) is 13.6 Å². The highest BCUT2D eigenvalue weighted by atomic mass is 32.1. The highest BCUT2D eigenvalue weighted by Gasteiger charge is 2.29. The molecule has 33 heavy (non-hydrogen) atoms. The standard InChI is InChI=1S/C23H21F2N5O2S/c1-14-13-18(28-30(14)2)20(26-11-12-32-19-6-4-3-5-17(19)25)22(31)21-23(33-29-27-21)15-7-9-16(24)10-8-15/h3-10,13,20,26H,11-12H2,1-2H3. The second-order valence-corrected chi connectivity index (χ2v) is 8.08. The van der Waals surface area contributed by atoms with Crippen LogP contribution in [0.2, 0.25) is 0 Å². The maximum Gasteiger partial charge on any atom is 0.207 e. The van der Waals surface area contributed by atoms with Crippen molar-refractivity contribution < 1.29 is 18.3 Å². The van der Waals surface area contributed by atoms with E-state index in [4.69, 9.17) is 4.74 Å². The molecule has 4 aromatic rings. The van der Waals surface area contributed by atoms with Gasteiger partial charge in [0.25, 0.3) is 0 Å². The zero-order chi connectivity index (χ0) is 23.4. The van der Waals surface area contributed by atoms with Gasteiger partial charge in [-0.15, -0.1) is 5.10 Å². The number of rotatable bonds is 9. The topological polar surface area (TPSA) is 81.9 Å². The number of ketones is 1. The summed E-state index contributed by atoms with van der Waals surface area (Å²) in [4.78, 5) is 14.1. The molecule has 0 radical (unpaired) electrons. The molecule has 2 aromatic carbocycles. The van der Waals surface area contributed by atoms with Crippen molar-refractivity contribution in [2.45, 2.75) is 13.0 Å². The molecule has 0 fully saturated rings. The average Bonchev–Trinajstić information content (AvgIpc) is 3.42. The van der Waals surface area contributed by atoms with E-state index in [1.54, 1.807) is 36.0 Å². The van der Waals surface area contributed by atoms with E-state index < -0.39 is 11.9 Å². The van der Waals surface area contributed by atoms with Crippen LogP contribution in [0.1, 0.15) is 27.9 Å². The number of nitrogens with zero attached hydrogens (tertiary/aromatic N) is 4. The van der Waals surface area contributed by atoms with Crippen LogP contribution < -0.4 is 10.1 Å². The lowest BCUT2D eigenvalue weighted by molar-refractivity contribution is 0.0933. The molecule has 170 valence electrons. The van der Waals surface area contributed by atoms with Gasteiger partial charge in [-0.25, -0.2) is 8.78 Å². The van der Waals surface area contributed by atoms with Crippen LogP contribution in [0.15, 0.2) is 54.6 Å². The summed E-state index contributed by atoms with van der Waals surface area (Å²) in [6, 6.07) is 12.9. The number of benzene rings is 2. The zero-order valence-corrected chi connectivity index (χ0v) is 18.8. The van der Waals surface area contributed by atoms with Crippen molar-refractivity contribution in [1.29, 1.82) is 0 Å². The number of halogens is 2. The number of carbonyl (C=O) groups is 1. The van der Waals surface area contributed by atoms with Crippen LogP contribution in [0.25, 0.3) is 10.4 Å². The predicted molar refractivity (Wildman–Crippen MR) is 120 cm³/mol. The highest BCUT2D eigenvalue weighted by molar-refractivity contribution is 7.09. The summed E-state index contributed by atoms with van der Waals surface area (Å²) < 4.78 is 38.2. The number of ether oxygens (including phenoxy) is 1. The van der Waals surface area contributed by atoms with Gasteiger partial charge < -0.3 is 4.74 Å². The second-order valence-electron chi connectivity index (χ2n) is 7.32. The molecule has 1 N–H and O–H groups in total. The van der Waals surface area contributed by atoms with Crippen LogP contribution in [0.4, 0.5) is 8.78 Å². The Kier molecular flexibility index (Phi) is 6.85. The van der Waals surface area contributed by atoms with E-state index in [-0.39, 0.29) is 36.2 Å². The lowest BCUT2D eigenvalue weighted by Gasteiger charge is -2.16. The Bertz CT molecular complexity index is 1240. The van der Waals surface area contributed by atoms with Crippen molar-refractivity contribution >= 4 is 17.3 Å². The maximum absolute atomic E-state index is 13.8. The molecule has 0 aliphatic heterocycles. The largest absolute Gasteiger partial charge is 0.489 e. The normalized spacial score (nSPS) is 12.0. The van der Waals surface area contributed by atoms with Crippen LogP contribution in [0.3, 0.4) is 0 Å². The first-order valence-electron chi connectivity index (χ1n) is 10.2. The molecule has 2 heterocycles. The van der Waals surface area contributed by atoms with Crippen molar-refractivity contribution in [3.05, 3.63) is 83.3 Å². The van der Waals surface area contributed by atoms with Gasteiger partial charge in [0, 0.05) is 19.3 Å². The molecule has 0 bridgehead atoms. The highest BCUT2D eigenvalue weighted by Crippen LogP contribution is 2.29. The number of hydrogen-bond acceptors (Lipinski definition) is 7. The summed E-state index contributed by atoms with van der Waals surface area (Å²) in [5.41, 5.74) is 2.21. The van der Waals surface area contributed by atoms with Crippen molar-refractivity contribution in [3.8, 4) is 16.2 Å². The van der Waals surface area contributed by atoms with Crippen LogP contribution in [0, 0.1) is 18.6 Å². The Labute approximate surface area is 193 Å². The molecule has 0 saturated carbocycles. The molecular formula is C23H21F2N5O2S. The SMILES string of the molecule is Cc1cc(C(NCCOc2ccccc2F)C(=O)c2nnsc2-c2ccc(F)cc2)nn1C. The lowest BCUT2D eigenvalue weighted by Crippen LogP contribution is -2.33. The Balaban J connectivity index is 1.55. The minimum absolute atomic E-state index is 0.136. The van der Waals surface area contributed by atoms with Crippen molar-refractivity contribution in [3.63, 3.8) is 0 Å². The van der Waals surface area contributed by atoms with Gasteiger partial charge in [-0.2, -0.15) is 5.10 Å². The predicted octanol–water partition coefficient (Wildman–Crippen LogP) is 4.12. The summed E-state index contributed by atoms with van der Waals surface area (Å²) >= 11 is 1.06. The maximum atomic E-state index is 13.8. The van der Waals surface area contributed by atoms with Crippen molar-refractivity contribution in [1.82, 2.24) is 24.7 Å². The van der Waals surface area contributed by atoms with E-state index in [1.165, 1.54) is 24.3 Å². The smallest absolute Gasteiger partial charge is 0.207 e. The lowest BCUT2D eigenvalue weighted by atomic mass is 10.0. The van der Waals surface area contributed by atoms with E-state index in [2.05, 4.69) is 20.0 Å². The van der Waals surface area contributed by atoms with Crippen molar-refractivity contribution in [2.75, 3.05) is 13.2 Å². The van der Waals surface area contributed by atoms with Gasteiger partial charge in [-0.1, -0.05) is 28.8 Å².